The maximum atomic E-state index is 4.17. The Bertz CT molecular complexity index is 506. The van der Waals surface area contributed by atoms with Gasteiger partial charge in [-0.25, -0.2) is 0 Å². The van der Waals surface area contributed by atoms with Crippen molar-refractivity contribution in [1.82, 2.24) is 15.5 Å². The average molecular weight is 243 g/mol. The lowest BCUT2D eigenvalue weighted by Crippen LogP contribution is -2.21. The highest BCUT2D eigenvalue weighted by Gasteiger charge is 2.08. The van der Waals surface area contributed by atoms with Crippen molar-refractivity contribution in [1.29, 1.82) is 0 Å². The zero-order valence-corrected chi connectivity index (χ0v) is 11.5. The van der Waals surface area contributed by atoms with Crippen molar-refractivity contribution in [2.45, 2.75) is 40.3 Å². The minimum Gasteiger partial charge on any atom is -0.310 e. The first-order valence-corrected chi connectivity index (χ1v) is 6.40. The topological polar surface area (TPSA) is 40.7 Å². The van der Waals surface area contributed by atoms with Crippen LogP contribution in [0.2, 0.25) is 0 Å². The van der Waals surface area contributed by atoms with Gasteiger partial charge in [-0.1, -0.05) is 31.0 Å². The van der Waals surface area contributed by atoms with Crippen molar-refractivity contribution in [2.24, 2.45) is 0 Å². The molecule has 1 aromatic heterocycles. The summed E-state index contributed by atoms with van der Waals surface area (Å²) in [6.45, 7) is 9.39. The summed E-state index contributed by atoms with van der Waals surface area (Å²) in [7, 11) is 0. The van der Waals surface area contributed by atoms with E-state index in [-0.39, 0.29) is 0 Å². The molecule has 0 unspecified atom stereocenters. The third-order valence-corrected chi connectivity index (χ3v) is 2.93. The lowest BCUT2D eigenvalue weighted by molar-refractivity contribution is 0.589. The first kappa shape index (κ1) is 12.8. The Morgan fingerprint density at radius 3 is 2.44 bits per heavy atom. The quantitative estimate of drug-likeness (QED) is 0.865. The van der Waals surface area contributed by atoms with E-state index in [4.69, 9.17) is 0 Å². The lowest BCUT2D eigenvalue weighted by atomic mass is 10.0. The first-order valence-electron chi connectivity index (χ1n) is 6.40. The maximum Gasteiger partial charge on any atom is 0.0695 e. The van der Waals surface area contributed by atoms with E-state index in [1.54, 1.807) is 0 Å². The third kappa shape index (κ3) is 2.99. The number of hydrogen-bond acceptors (Lipinski definition) is 2. The zero-order chi connectivity index (χ0) is 13.1. The Morgan fingerprint density at radius 2 is 1.83 bits per heavy atom. The smallest absolute Gasteiger partial charge is 0.0695 e. The third-order valence-electron chi connectivity index (χ3n) is 2.93. The van der Waals surface area contributed by atoms with Crippen LogP contribution in [0.15, 0.2) is 24.4 Å². The van der Waals surface area contributed by atoms with Crippen LogP contribution in [0.1, 0.15) is 30.5 Å². The summed E-state index contributed by atoms with van der Waals surface area (Å²) in [5.41, 5.74) is 6.11. The largest absolute Gasteiger partial charge is 0.310 e. The second-order valence-electron chi connectivity index (χ2n) is 5.18. The van der Waals surface area contributed by atoms with Crippen LogP contribution in [0.25, 0.3) is 11.3 Å². The second kappa shape index (κ2) is 5.36. The van der Waals surface area contributed by atoms with Crippen molar-refractivity contribution in [2.75, 3.05) is 0 Å². The number of H-pyrrole nitrogens is 1. The molecule has 3 heteroatoms. The fourth-order valence-electron chi connectivity index (χ4n) is 2.13. The van der Waals surface area contributed by atoms with Gasteiger partial charge in [-0.05, 0) is 26.0 Å². The SMILES string of the molecule is Cc1cc(C)cc(-c2[nH]ncc2CNC(C)C)c1. The molecule has 0 aliphatic heterocycles. The van der Waals surface area contributed by atoms with Crippen LogP contribution in [0.5, 0.6) is 0 Å². The molecule has 0 amide bonds. The number of nitrogens with zero attached hydrogens (tertiary/aromatic N) is 1. The Balaban J connectivity index is 2.30. The molecule has 0 radical (unpaired) electrons. The summed E-state index contributed by atoms with van der Waals surface area (Å²) in [6.07, 6.45) is 1.91. The van der Waals surface area contributed by atoms with Crippen molar-refractivity contribution < 1.29 is 0 Å². The molecule has 0 bridgehead atoms. The van der Waals surface area contributed by atoms with Crippen LogP contribution >= 0.6 is 0 Å². The summed E-state index contributed by atoms with van der Waals surface area (Å²) >= 11 is 0. The molecule has 18 heavy (non-hydrogen) atoms. The standard InChI is InChI=1S/C15H21N3/c1-10(2)16-8-14-9-17-18-15(14)13-6-11(3)5-12(4)7-13/h5-7,9-10,16H,8H2,1-4H3,(H,17,18). The molecular weight excluding hydrogens is 222 g/mol. The number of aromatic nitrogens is 2. The molecule has 0 fully saturated rings. The summed E-state index contributed by atoms with van der Waals surface area (Å²) in [5, 5.41) is 10.7. The molecular formula is C15H21N3. The van der Waals surface area contributed by atoms with Gasteiger partial charge in [0.25, 0.3) is 0 Å². The molecule has 3 nitrogen and oxygen atoms in total. The Morgan fingerprint density at radius 1 is 1.17 bits per heavy atom. The maximum absolute atomic E-state index is 4.17. The van der Waals surface area contributed by atoms with Gasteiger partial charge in [-0.3, -0.25) is 5.10 Å². The molecule has 0 saturated carbocycles. The van der Waals surface area contributed by atoms with E-state index in [0.717, 1.165) is 12.2 Å². The van der Waals surface area contributed by atoms with E-state index in [1.165, 1.54) is 22.3 Å². The fraction of sp³-hybridized carbons (Fsp3) is 0.400. The van der Waals surface area contributed by atoms with Gasteiger partial charge in [0.2, 0.25) is 0 Å². The summed E-state index contributed by atoms with van der Waals surface area (Å²) < 4.78 is 0. The average Bonchev–Trinajstić information content (AvgIpc) is 2.72. The minimum atomic E-state index is 0.479. The van der Waals surface area contributed by atoms with E-state index < -0.39 is 0 Å². The van der Waals surface area contributed by atoms with E-state index in [0.29, 0.717) is 6.04 Å². The molecule has 2 rings (SSSR count). The van der Waals surface area contributed by atoms with Gasteiger partial charge in [0.1, 0.15) is 0 Å². The van der Waals surface area contributed by atoms with Crippen LogP contribution < -0.4 is 5.32 Å². The van der Waals surface area contributed by atoms with Crippen molar-refractivity contribution in [3.05, 3.63) is 41.1 Å². The van der Waals surface area contributed by atoms with E-state index in [1.807, 2.05) is 6.20 Å². The van der Waals surface area contributed by atoms with Crippen LogP contribution in [0.3, 0.4) is 0 Å². The second-order valence-corrected chi connectivity index (χ2v) is 5.18. The molecule has 0 aliphatic rings. The molecule has 1 heterocycles. The number of benzene rings is 1. The van der Waals surface area contributed by atoms with E-state index in [2.05, 4.69) is 61.4 Å². The van der Waals surface area contributed by atoms with Gasteiger partial charge in [0, 0.05) is 23.7 Å². The highest BCUT2D eigenvalue weighted by atomic mass is 15.1. The van der Waals surface area contributed by atoms with Crippen LogP contribution in [-0.4, -0.2) is 16.2 Å². The molecule has 0 saturated heterocycles. The van der Waals surface area contributed by atoms with Crippen molar-refractivity contribution in [3.63, 3.8) is 0 Å². The summed E-state index contributed by atoms with van der Waals surface area (Å²) in [6, 6.07) is 7.05. The number of nitrogens with one attached hydrogen (secondary N) is 2. The summed E-state index contributed by atoms with van der Waals surface area (Å²) in [5.74, 6) is 0. The van der Waals surface area contributed by atoms with Gasteiger partial charge < -0.3 is 5.32 Å². The Labute approximate surface area is 109 Å². The highest BCUT2D eigenvalue weighted by molar-refractivity contribution is 5.64. The number of hydrogen-bond donors (Lipinski definition) is 2. The predicted molar refractivity (Wildman–Crippen MR) is 75.5 cm³/mol. The molecule has 1 aromatic carbocycles. The van der Waals surface area contributed by atoms with Gasteiger partial charge in [-0.2, -0.15) is 5.10 Å². The first-order chi connectivity index (χ1) is 8.56. The zero-order valence-electron chi connectivity index (χ0n) is 11.5. The number of aryl methyl sites for hydroxylation is 2. The normalized spacial score (nSPS) is 11.2. The lowest BCUT2D eigenvalue weighted by Gasteiger charge is -2.09. The molecule has 0 atom stereocenters. The van der Waals surface area contributed by atoms with Crippen LogP contribution in [0, 0.1) is 13.8 Å². The van der Waals surface area contributed by atoms with Crippen molar-refractivity contribution >= 4 is 0 Å². The molecule has 0 spiro atoms. The minimum absolute atomic E-state index is 0.479. The van der Waals surface area contributed by atoms with E-state index in [9.17, 15) is 0 Å². The Kier molecular flexibility index (Phi) is 3.82. The fourth-order valence-corrected chi connectivity index (χ4v) is 2.13. The predicted octanol–water partition coefficient (Wildman–Crippen LogP) is 3.19. The van der Waals surface area contributed by atoms with Gasteiger partial charge >= 0.3 is 0 Å². The van der Waals surface area contributed by atoms with Gasteiger partial charge in [0.15, 0.2) is 0 Å². The van der Waals surface area contributed by atoms with Gasteiger partial charge in [0.05, 0.1) is 11.9 Å². The summed E-state index contributed by atoms with van der Waals surface area (Å²) in [4.78, 5) is 0. The Hall–Kier alpha value is -1.61. The van der Waals surface area contributed by atoms with Crippen LogP contribution in [-0.2, 0) is 6.54 Å². The highest BCUT2D eigenvalue weighted by Crippen LogP contribution is 2.23. The number of aromatic amines is 1. The number of rotatable bonds is 4. The van der Waals surface area contributed by atoms with Gasteiger partial charge in [-0.15, -0.1) is 0 Å². The van der Waals surface area contributed by atoms with Crippen LogP contribution in [0.4, 0.5) is 0 Å². The van der Waals surface area contributed by atoms with E-state index >= 15 is 0 Å². The van der Waals surface area contributed by atoms with Crippen molar-refractivity contribution in [3.8, 4) is 11.3 Å². The molecule has 2 aromatic rings. The molecule has 2 N–H and O–H groups in total. The monoisotopic (exact) mass is 243 g/mol. The molecule has 96 valence electrons. The molecule has 0 aliphatic carbocycles.